The fourth-order valence-corrected chi connectivity index (χ4v) is 9.75. The molecule has 0 saturated heterocycles. The molecule has 4 heteroatoms. The molecule has 37 heavy (non-hydrogen) atoms. The van der Waals surface area contributed by atoms with Crippen molar-refractivity contribution in [2.45, 2.75) is 103 Å². The van der Waals surface area contributed by atoms with Crippen molar-refractivity contribution in [1.82, 2.24) is 0 Å². The summed E-state index contributed by atoms with van der Waals surface area (Å²) in [6, 6.07) is 21.6. The summed E-state index contributed by atoms with van der Waals surface area (Å²) >= 11 is 0. The van der Waals surface area contributed by atoms with Crippen LogP contribution in [0.5, 0.6) is 0 Å². The molecule has 0 N–H and O–H groups in total. The summed E-state index contributed by atoms with van der Waals surface area (Å²) in [5, 5.41) is 2.61. The van der Waals surface area contributed by atoms with Crippen LogP contribution < -0.4 is 10.4 Å². The van der Waals surface area contributed by atoms with Crippen LogP contribution in [0.4, 0.5) is 0 Å². The van der Waals surface area contributed by atoms with Gasteiger partial charge < -0.3 is 13.9 Å². The lowest BCUT2D eigenvalue weighted by molar-refractivity contribution is 0.0340. The van der Waals surface area contributed by atoms with Crippen LogP contribution in [0, 0.1) is 0 Å². The second kappa shape index (κ2) is 18.7. The molecular formula is C33H54O3Si. The van der Waals surface area contributed by atoms with Crippen molar-refractivity contribution in [3.05, 3.63) is 60.7 Å². The van der Waals surface area contributed by atoms with Crippen molar-refractivity contribution in [3.63, 3.8) is 0 Å². The molecule has 208 valence electrons. The van der Waals surface area contributed by atoms with Gasteiger partial charge in [-0.05, 0) is 21.8 Å². The third-order valence-corrected chi connectivity index (χ3v) is 12.3. The van der Waals surface area contributed by atoms with Gasteiger partial charge in [0.05, 0.1) is 26.4 Å². The summed E-state index contributed by atoms with van der Waals surface area (Å²) in [6.07, 6.45) is 15.0. The monoisotopic (exact) mass is 526 g/mol. The van der Waals surface area contributed by atoms with E-state index in [1.165, 1.54) is 74.6 Å². The molecule has 0 radical (unpaired) electrons. The fraction of sp³-hybridized carbons (Fsp3) is 0.636. The molecular weight excluding hydrogens is 472 g/mol. The summed E-state index contributed by atoms with van der Waals surface area (Å²) in [7, 11) is -2.47. The fourth-order valence-electron chi connectivity index (χ4n) is 5.21. The SMILES string of the molecule is CCCCCCCCCCCCCOCCOCCO[Si](c1ccccc1)(c1ccccc1)C(C)(C)C. The highest BCUT2D eigenvalue weighted by Crippen LogP contribution is 2.36. The van der Waals surface area contributed by atoms with Gasteiger partial charge in [-0.1, -0.05) is 153 Å². The molecule has 0 fully saturated rings. The second-order valence-electron chi connectivity index (χ2n) is 11.3. The highest BCUT2D eigenvalue weighted by Gasteiger charge is 2.49. The average Bonchev–Trinajstić information content (AvgIpc) is 2.90. The quantitative estimate of drug-likeness (QED) is 0.122. The van der Waals surface area contributed by atoms with Crippen molar-refractivity contribution in [1.29, 1.82) is 0 Å². The Labute approximate surface area is 229 Å². The number of ether oxygens (including phenoxy) is 2. The van der Waals surface area contributed by atoms with E-state index in [2.05, 4.69) is 88.4 Å². The summed E-state index contributed by atoms with van der Waals surface area (Å²) in [6.45, 7) is 12.5. The molecule has 0 aromatic heterocycles. The molecule has 2 rings (SSSR count). The summed E-state index contributed by atoms with van der Waals surface area (Å²) in [4.78, 5) is 0. The van der Waals surface area contributed by atoms with E-state index in [4.69, 9.17) is 13.9 Å². The molecule has 0 atom stereocenters. The van der Waals surface area contributed by atoms with E-state index in [0.29, 0.717) is 26.4 Å². The van der Waals surface area contributed by atoms with Gasteiger partial charge >= 0.3 is 0 Å². The number of benzene rings is 2. The largest absolute Gasteiger partial charge is 0.405 e. The van der Waals surface area contributed by atoms with Crippen LogP contribution in [0.25, 0.3) is 0 Å². The van der Waals surface area contributed by atoms with Gasteiger partial charge in [-0.3, -0.25) is 0 Å². The minimum atomic E-state index is -2.47. The van der Waals surface area contributed by atoms with Crippen LogP contribution in [-0.4, -0.2) is 41.4 Å². The molecule has 0 unspecified atom stereocenters. The van der Waals surface area contributed by atoms with E-state index >= 15 is 0 Å². The molecule has 3 nitrogen and oxygen atoms in total. The molecule has 0 aliphatic carbocycles. The Bertz CT molecular complexity index is 749. The van der Waals surface area contributed by atoms with Crippen LogP contribution in [0.3, 0.4) is 0 Å². The Morgan fingerprint density at radius 3 is 1.38 bits per heavy atom. The molecule has 2 aromatic carbocycles. The zero-order chi connectivity index (χ0) is 26.7. The van der Waals surface area contributed by atoms with E-state index in [1.54, 1.807) is 0 Å². The number of hydrogen-bond acceptors (Lipinski definition) is 3. The molecule has 0 bridgehead atoms. The minimum Gasteiger partial charge on any atom is -0.405 e. The Balaban J connectivity index is 1.61. The molecule has 2 aromatic rings. The van der Waals surface area contributed by atoms with Gasteiger partial charge in [-0.25, -0.2) is 0 Å². The van der Waals surface area contributed by atoms with Crippen molar-refractivity contribution >= 4 is 18.7 Å². The van der Waals surface area contributed by atoms with Gasteiger partial charge in [0.2, 0.25) is 0 Å². The van der Waals surface area contributed by atoms with E-state index in [1.807, 2.05) is 0 Å². The number of rotatable bonds is 21. The topological polar surface area (TPSA) is 27.7 Å². The Morgan fingerprint density at radius 2 is 0.919 bits per heavy atom. The first-order chi connectivity index (χ1) is 18.0. The van der Waals surface area contributed by atoms with E-state index in [-0.39, 0.29) is 5.04 Å². The van der Waals surface area contributed by atoms with Gasteiger partial charge in [-0.2, -0.15) is 0 Å². The Kier molecular flexibility index (Phi) is 16.1. The van der Waals surface area contributed by atoms with Crippen LogP contribution in [-0.2, 0) is 13.9 Å². The normalized spacial score (nSPS) is 12.2. The van der Waals surface area contributed by atoms with Crippen LogP contribution in [0.1, 0.15) is 98.3 Å². The highest BCUT2D eigenvalue weighted by atomic mass is 28.4. The van der Waals surface area contributed by atoms with Crippen molar-refractivity contribution in [3.8, 4) is 0 Å². The van der Waals surface area contributed by atoms with Crippen molar-refractivity contribution in [2.24, 2.45) is 0 Å². The maximum Gasteiger partial charge on any atom is 0.261 e. The molecule has 0 heterocycles. The lowest BCUT2D eigenvalue weighted by atomic mass is 10.1. The molecule has 0 amide bonds. The van der Waals surface area contributed by atoms with E-state index < -0.39 is 8.32 Å². The Hall–Kier alpha value is -1.46. The maximum atomic E-state index is 6.86. The van der Waals surface area contributed by atoms with Gasteiger partial charge in [0.25, 0.3) is 8.32 Å². The van der Waals surface area contributed by atoms with Crippen molar-refractivity contribution < 1.29 is 13.9 Å². The zero-order valence-corrected chi connectivity index (χ0v) is 25.3. The van der Waals surface area contributed by atoms with E-state index in [0.717, 1.165) is 13.0 Å². The first-order valence-corrected chi connectivity index (χ1v) is 16.8. The third kappa shape index (κ3) is 11.4. The third-order valence-electron chi connectivity index (χ3n) is 7.23. The maximum absolute atomic E-state index is 6.86. The molecule has 0 aliphatic rings. The zero-order valence-electron chi connectivity index (χ0n) is 24.3. The first kappa shape index (κ1) is 31.8. The highest BCUT2D eigenvalue weighted by molar-refractivity contribution is 6.99. The molecule has 0 spiro atoms. The Morgan fingerprint density at radius 1 is 0.514 bits per heavy atom. The van der Waals surface area contributed by atoms with Gasteiger partial charge in [0.1, 0.15) is 0 Å². The minimum absolute atomic E-state index is 0.00650. The van der Waals surface area contributed by atoms with Crippen LogP contribution in [0.2, 0.25) is 5.04 Å². The lowest BCUT2D eigenvalue weighted by Crippen LogP contribution is -2.66. The van der Waals surface area contributed by atoms with Crippen LogP contribution in [0.15, 0.2) is 60.7 Å². The summed E-state index contributed by atoms with van der Waals surface area (Å²) in [5.74, 6) is 0. The number of hydrogen-bond donors (Lipinski definition) is 0. The molecule has 0 aliphatic heterocycles. The number of unbranched alkanes of at least 4 members (excludes halogenated alkanes) is 10. The van der Waals surface area contributed by atoms with Crippen molar-refractivity contribution in [2.75, 3.05) is 33.0 Å². The second-order valence-corrected chi connectivity index (χ2v) is 15.6. The average molecular weight is 527 g/mol. The van der Waals surface area contributed by atoms with E-state index in [9.17, 15) is 0 Å². The standard InChI is InChI=1S/C33H54O3Si/c1-5-6-7-8-9-10-11-12-13-14-21-26-34-27-28-35-29-30-36-37(33(2,3)4,31-22-17-15-18-23-31)32-24-19-16-20-25-32/h15-20,22-25H,5-14,21,26-30H2,1-4H3. The molecule has 0 saturated carbocycles. The van der Waals surface area contributed by atoms with Gasteiger partial charge in [0.15, 0.2) is 0 Å². The van der Waals surface area contributed by atoms with Crippen LogP contribution >= 0.6 is 0 Å². The first-order valence-electron chi connectivity index (χ1n) is 14.9. The summed E-state index contributed by atoms with van der Waals surface area (Å²) in [5.41, 5.74) is 0. The predicted molar refractivity (Wildman–Crippen MR) is 162 cm³/mol. The van der Waals surface area contributed by atoms with Gasteiger partial charge in [-0.15, -0.1) is 0 Å². The lowest BCUT2D eigenvalue weighted by Gasteiger charge is -2.43. The predicted octanol–water partition coefficient (Wildman–Crippen LogP) is 7.91. The summed E-state index contributed by atoms with van der Waals surface area (Å²) < 4.78 is 18.6. The van der Waals surface area contributed by atoms with Gasteiger partial charge in [0, 0.05) is 6.61 Å². The smallest absolute Gasteiger partial charge is 0.261 e.